The zero-order chi connectivity index (χ0) is 27.2. The molecule has 8 atom stereocenters. The zero-order valence-corrected chi connectivity index (χ0v) is 22.2. The average Bonchev–Trinajstić information content (AvgIpc) is 2.85. The van der Waals surface area contributed by atoms with E-state index in [0.29, 0.717) is 13.0 Å². The van der Waals surface area contributed by atoms with Crippen LogP contribution in [-0.2, 0) is 19.1 Å². The fraction of sp³-hybridized carbons (Fsp3) is 0.517. The molecule has 0 radical (unpaired) electrons. The molecule has 0 aromatic rings. The molecule has 37 heavy (non-hydrogen) atoms. The van der Waals surface area contributed by atoms with E-state index in [-0.39, 0.29) is 29.8 Å². The second-order valence-electron chi connectivity index (χ2n) is 9.63. The highest BCUT2D eigenvalue weighted by atomic mass is 16.7. The predicted molar refractivity (Wildman–Crippen MR) is 144 cm³/mol. The van der Waals surface area contributed by atoms with Gasteiger partial charge >= 0.3 is 0 Å². The quantitative estimate of drug-likeness (QED) is 0.460. The van der Waals surface area contributed by atoms with E-state index in [1.54, 1.807) is 19.1 Å². The maximum absolute atomic E-state index is 11.9. The Bertz CT molecular complexity index is 906. The lowest BCUT2D eigenvalue weighted by Gasteiger charge is -2.43. The first-order chi connectivity index (χ1) is 17.7. The number of allylic oxidation sites excluding steroid dienone is 9. The third-order valence-electron chi connectivity index (χ3n) is 6.26. The summed E-state index contributed by atoms with van der Waals surface area (Å²) in [5.74, 6) is -0.206. The molecule has 0 aliphatic carbocycles. The molecular formula is C29H42N2O6. The average molecular weight is 515 g/mol. The molecule has 2 aliphatic rings. The van der Waals surface area contributed by atoms with Crippen LogP contribution in [0.15, 0.2) is 72.9 Å². The highest BCUT2D eigenvalue weighted by Gasteiger charge is 2.44. The van der Waals surface area contributed by atoms with Crippen LogP contribution >= 0.6 is 0 Å². The van der Waals surface area contributed by atoms with Gasteiger partial charge in [-0.3, -0.25) is 9.59 Å². The molecular weight excluding hydrogens is 472 g/mol. The Hall–Kier alpha value is -2.78. The third kappa shape index (κ3) is 11.0. The number of carbonyl (C=O) groups is 2. The summed E-state index contributed by atoms with van der Waals surface area (Å²) in [6.07, 6.45) is 19.6. The van der Waals surface area contributed by atoms with Gasteiger partial charge in [0.15, 0.2) is 6.29 Å². The fourth-order valence-corrected chi connectivity index (χ4v) is 4.00. The standard InChI is InChI=1S/C29H42N2O6/c1-20-15-11-7-5-8-12-16-21(2)24(17-13-9-6-10-14-18-25(33)30-19-20)37-29-28(35)26(31-23(4)32)27(34)22(3)36-29/h5-15,18,20-22,24,26-29,34-35H,16-17,19H2,1-4H3,(H,30,33)(H,31,32)/b7-5-,10-6+,12-8+,13-9-,15-11+,18-14-. The van der Waals surface area contributed by atoms with Gasteiger partial charge in [0, 0.05) is 19.5 Å². The van der Waals surface area contributed by atoms with E-state index in [2.05, 4.69) is 23.6 Å². The van der Waals surface area contributed by atoms with Crippen LogP contribution in [0.2, 0.25) is 0 Å². The summed E-state index contributed by atoms with van der Waals surface area (Å²) in [5, 5.41) is 26.7. The van der Waals surface area contributed by atoms with Crippen LogP contribution in [-0.4, -0.2) is 65.3 Å². The lowest BCUT2D eigenvalue weighted by molar-refractivity contribution is -0.287. The molecule has 4 N–H and O–H groups in total. The van der Waals surface area contributed by atoms with E-state index < -0.39 is 30.6 Å². The van der Waals surface area contributed by atoms with Gasteiger partial charge in [0.2, 0.25) is 11.8 Å². The molecule has 2 aliphatic heterocycles. The predicted octanol–water partition coefficient (Wildman–Crippen LogP) is 2.86. The van der Waals surface area contributed by atoms with Gasteiger partial charge in [0.25, 0.3) is 0 Å². The SMILES string of the molecule is CC(=O)NC1C(O)C(C)OC(OC2C\C=C/C=C/C=C\C(=O)NCC(C)/C=C/C=C\C=C\CC2C)C1O. The minimum Gasteiger partial charge on any atom is -0.388 e. The number of hydrogen-bond acceptors (Lipinski definition) is 6. The summed E-state index contributed by atoms with van der Waals surface area (Å²) in [4.78, 5) is 23.5. The number of nitrogens with one attached hydrogen (secondary N) is 2. The number of aliphatic hydroxyl groups excluding tert-OH is 2. The van der Waals surface area contributed by atoms with Crippen LogP contribution in [0.25, 0.3) is 0 Å². The number of amides is 2. The van der Waals surface area contributed by atoms with Gasteiger partial charge in [-0.15, -0.1) is 0 Å². The van der Waals surface area contributed by atoms with Crippen molar-refractivity contribution in [1.29, 1.82) is 0 Å². The number of aliphatic hydroxyl groups is 2. The zero-order valence-electron chi connectivity index (χ0n) is 22.2. The normalized spacial score (nSPS) is 39.4. The van der Waals surface area contributed by atoms with Gasteiger partial charge in [-0.25, -0.2) is 0 Å². The van der Waals surface area contributed by atoms with Crippen LogP contribution in [0, 0.1) is 11.8 Å². The second kappa shape index (κ2) is 16.1. The van der Waals surface area contributed by atoms with E-state index in [1.807, 2.05) is 55.5 Å². The van der Waals surface area contributed by atoms with Gasteiger partial charge < -0.3 is 30.3 Å². The topological polar surface area (TPSA) is 117 Å². The van der Waals surface area contributed by atoms with Crippen LogP contribution in [0.3, 0.4) is 0 Å². The van der Waals surface area contributed by atoms with Crippen molar-refractivity contribution in [1.82, 2.24) is 10.6 Å². The monoisotopic (exact) mass is 514 g/mol. The maximum atomic E-state index is 11.9. The van der Waals surface area contributed by atoms with Crippen molar-refractivity contribution in [3.63, 3.8) is 0 Å². The molecule has 204 valence electrons. The lowest BCUT2D eigenvalue weighted by Crippen LogP contribution is -2.64. The van der Waals surface area contributed by atoms with E-state index in [0.717, 1.165) is 6.42 Å². The van der Waals surface area contributed by atoms with Crippen molar-refractivity contribution >= 4 is 11.8 Å². The van der Waals surface area contributed by atoms with Gasteiger partial charge in [-0.05, 0) is 31.6 Å². The molecule has 2 amide bonds. The van der Waals surface area contributed by atoms with Crippen molar-refractivity contribution in [2.45, 2.75) is 77.3 Å². The van der Waals surface area contributed by atoms with Crippen LogP contribution in [0.4, 0.5) is 0 Å². The van der Waals surface area contributed by atoms with Crippen molar-refractivity contribution in [3.05, 3.63) is 72.9 Å². The van der Waals surface area contributed by atoms with Crippen molar-refractivity contribution in [2.24, 2.45) is 11.8 Å². The van der Waals surface area contributed by atoms with E-state index in [4.69, 9.17) is 9.47 Å². The van der Waals surface area contributed by atoms with Gasteiger partial charge in [-0.1, -0.05) is 80.7 Å². The van der Waals surface area contributed by atoms with E-state index in [9.17, 15) is 19.8 Å². The van der Waals surface area contributed by atoms with Crippen LogP contribution in [0.5, 0.6) is 0 Å². The second-order valence-corrected chi connectivity index (χ2v) is 9.63. The highest BCUT2D eigenvalue weighted by molar-refractivity contribution is 5.87. The van der Waals surface area contributed by atoms with Crippen molar-refractivity contribution in [2.75, 3.05) is 6.54 Å². The smallest absolute Gasteiger partial charge is 0.243 e. The highest BCUT2D eigenvalue weighted by Crippen LogP contribution is 2.27. The summed E-state index contributed by atoms with van der Waals surface area (Å²) < 4.78 is 12.0. The van der Waals surface area contributed by atoms with Gasteiger partial charge in [0.05, 0.1) is 18.2 Å². The minimum atomic E-state index is -1.23. The minimum absolute atomic E-state index is 0.0835. The molecule has 1 saturated heterocycles. The number of carbonyl (C=O) groups excluding carboxylic acids is 2. The van der Waals surface area contributed by atoms with Gasteiger partial charge in [-0.2, -0.15) is 0 Å². The Labute approximate surface area is 220 Å². The Balaban J connectivity index is 2.17. The molecule has 8 nitrogen and oxygen atoms in total. The van der Waals surface area contributed by atoms with Crippen molar-refractivity contribution in [3.8, 4) is 0 Å². The molecule has 8 unspecified atom stereocenters. The van der Waals surface area contributed by atoms with Crippen LogP contribution < -0.4 is 10.6 Å². The Morgan fingerprint density at radius 3 is 2.32 bits per heavy atom. The largest absolute Gasteiger partial charge is 0.388 e. The summed E-state index contributed by atoms with van der Waals surface area (Å²) in [6, 6.07) is -0.891. The van der Waals surface area contributed by atoms with Gasteiger partial charge in [0.1, 0.15) is 12.2 Å². The number of ether oxygens (including phenoxy) is 2. The molecule has 2 heterocycles. The summed E-state index contributed by atoms with van der Waals surface area (Å²) in [7, 11) is 0. The van der Waals surface area contributed by atoms with Crippen molar-refractivity contribution < 1.29 is 29.3 Å². The molecule has 0 bridgehead atoms. The molecule has 1 fully saturated rings. The molecule has 8 heteroatoms. The number of hydrogen-bond donors (Lipinski definition) is 4. The molecule has 0 aromatic heterocycles. The van der Waals surface area contributed by atoms with Crippen LogP contribution in [0.1, 0.15) is 40.5 Å². The molecule has 2 rings (SSSR count). The van der Waals surface area contributed by atoms with E-state index in [1.165, 1.54) is 13.0 Å². The molecule has 0 aromatic carbocycles. The lowest BCUT2D eigenvalue weighted by atomic mass is 9.95. The maximum Gasteiger partial charge on any atom is 0.243 e. The summed E-state index contributed by atoms with van der Waals surface area (Å²) in [6.45, 7) is 7.69. The molecule has 0 spiro atoms. The third-order valence-corrected chi connectivity index (χ3v) is 6.26. The van der Waals surface area contributed by atoms with E-state index >= 15 is 0 Å². The summed E-state index contributed by atoms with van der Waals surface area (Å²) in [5.41, 5.74) is 0. The molecule has 0 saturated carbocycles. The fourth-order valence-electron chi connectivity index (χ4n) is 4.00. The first kappa shape index (κ1) is 30.4. The first-order valence-corrected chi connectivity index (χ1v) is 12.9. The first-order valence-electron chi connectivity index (χ1n) is 12.9. The Kier molecular flexibility index (Phi) is 13.3. The Morgan fingerprint density at radius 1 is 0.973 bits per heavy atom. The Morgan fingerprint density at radius 2 is 1.62 bits per heavy atom. The summed E-state index contributed by atoms with van der Waals surface area (Å²) >= 11 is 0. The number of rotatable bonds is 3.